The van der Waals surface area contributed by atoms with Gasteiger partial charge >= 0.3 is 5.69 Å². The molecule has 3 aromatic heterocycles. The van der Waals surface area contributed by atoms with Gasteiger partial charge in [-0.15, -0.1) is 0 Å². The van der Waals surface area contributed by atoms with Gasteiger partial charge in [0, 0.05) is 32.2 Å². The Morgan fingerprint density at radius 3 is 2.59 bits per heavy atom. The fraction of sp³-hybridized carbons (Fsp3) is 0.742. The molecule has 12 nitrogen and oxygen atoms in total. The summed E-state index contributed by atoms with van der Waals surface area (Å²) in [6, 6.07) is -0.598. The van der Waals surface area contributed by atoms with Gasteiger partial charge in [0.2, 0.25) is 17.5 Å². The minimum Gasteiger partial charge on any atom is -0.471 e. The van der Waals surface area contributed by atoms with Gasteiger partial charge in [-0.1, -0.05) is 11.6 Å². The Hall–Kier alpha value is -2.87. The lowest BCUT2D eigenvalue weighted by molar-refractivity contribution is -0.231. The number of nitrogens with zero attached hydrogens (tertiary/aromatic N) is 6. The molecule has 3 aliphatic heterocycles. The molecule has 0 bridgehead atoms. The summed E-state index contributed by atoms with van der Waals surface area (Å²) < 4.78 is 49.2. The summed E-state index contributed by atoms with van der Waals surface area (Å²) in [6.07, 6.45) is 6.07. The molecule has 0 radical (unpaired) electrons. The van der Waals surface area contributed by atoms with Gasteiger partial charge in [0.1, 0.15) is 12.3 Å². The monoisotopic (exact) mass is 612 g/mol. The van der Waals surface area contributed by atoms with E-state index in [4.69, 9.17) is 38.6 Å². The fourth-order valence-corrected chi connectivity index (χ4v) is 8.77. The van der Waals surface area contributed by atoms with E-state index in [9.17, 15) is 9.18 Å². The molecule has 13 heteroatoms. The van der Waals surface area contributed by atoms with Crippen LogP contribution in [0.4, 0.5) is 4.39 Å². The zero-order valence-electron chi connectivity index (χ0n) is 25.7. The SMILES string of the molecule is C[C@H](Oc1nc(-c2onc3c2CCC[C@@]32CCCCC23OCCO3)nc2c1n(C)c(=O)n2[C@@H]1CCOC1)[C@@H]1[C@H](F)CCN1C. The molecule has 1 saturated carbocycles. The lowest BCUT2D eigenvalue weighted by Gasteiger charge is -2.50. The lowest BCUT2D eigenvalue weighted by atomic mass is 9.61. The van der Waals surface area contributed by atoms with Gasteiger partial charge in [0.05, 0.1) is 43.0 Å². The van der Waals surface area contributed by atoms with Gasteiger partial charge in [0.15, 0.2) is 17.0 Å². The number of aryl methyl sites for hydroxylation is 1. The molecular weight excluding hydrogens is 571 g/mol. The van der Waals surface area contributed by atoms with Crippen LogP contribution in [-0.4, -0.2) is 93.3 Å². The first-order chi connectivity index (χ1) is 21.3. The number of halogens is 1. The third kappa shape index (κ3) is 4.08. The molecule has 4 fully saturated rings. The van der Waals surface area contributed by atoms with E-state index in [0.29, 0.717) is 68.6 Å². The van der Waals surface area contributed by atoms with E-state index in [2.05, 4.69) is 0 Å². The zero-order chi connectivity index (χ0) is 30.2. The Labute approximate surface area is 254 Å². The largest absolute Gasteiger partial charge is 0.471 e. The Kier molecular flexibility index (Phi) is 6.89. The third-order valence-electron chi connectivity index (χ3n) is 10.9. The summed E-state index contributed by atoms with van der Waals surface area (Å²) in [5.41, 5.74) is 2.14. The molecule has 2 aliphatic carbocycles. The van der Waals surface area contributed by atoms with Crippen molar-refractivity contribution in [2.24, 2.45) is 7.05 Å². The number of hydrogen-bond donors (Lipinski definition) is 0. The Balaban J connectivity index is 1.28. The van der Waals surface area contributed by atoms with Crippen LogP contribution in [0.1, 0.15) is 75.6 Å². The number of ether oxygens (including phenoxy) is 4. The van der Waals surface area contributed by atoms with Crippen LogP contribution >= 0.6 is 0 Å². The van der Waals surface area contributed by atoms with E-state index in [1.165, 1.54) is 4.57 Å². The second kappa shape index (κ2) is 10.6. The van der Waals surface area contributed by atoms with Crippen LogP contribution in [0.3, 0.4) is 0 Å². The average Bonchev–Trinajstić information content (AvgIpc) is 3.85. The van der Waals surface area contributed by atoms with Crippen LogP contribution in [0.15, 0.2) is 9.32 Å². The number of likely N-dealkylation sites (N-methyl/N-ethyl adjacent to an activating group) is 1. The Bertz CT molecular complexity index is 1610. The molecule has 2 spiro atoms. The maximum atomic E-state index is 15.0. The molecule has 0 aromatic carbocycles. The molecule has 3 aromatic rings. The van der Waals surface area contributed by atoms with Crippen molar-refractivity contribution in [3.8, 4) is 17.5 Å². The van der Waals surface area contributed by atoms with Gasteiger partial charge in [0.25, 0.3) is 0 Å². The van der Waals surface area contributed by atoms with Crippen molar-refractivity contribution in [3.05, 3.63) is 21.7 Å². The van der Waals surface area contributed by atoms with Crippen LogP contribution in [0.25, 0.3) is 22.7 Å². The van der Waals surface area contributed by atoms with Gasteiger partial charge in [-0.25, -0.2) is 14.2 Å². The van der Waals surface area contributed by atoms with Crippen molar-refractivity contribution in [3.63, 3.8) is 0 Å². The highest BCUT2D eigenvalue weighted by Crippen LogP contribution is 2.57. The minimum absolute atomic E-state index is 0.166. The van der Waals surface area contributed by atoms with Gasteiger partial charge in [-0.2, -0.15) is 4.98 Å². The molecule has 0 unspecified atom stereocenters. The zero-order valence-corrected chi connectivity index (χ0v) is 25.7. The number of fused-ring (bicyclic) bond motifs is 4. The Morgan fingerprint density at radius 1 is 1.05 bits per heavy atom. The molecule has 8 rings (SSSR count). The minimum atomic E-state index is -1.02. The van der Waals surface area contributed by atoms with E-state index in [1.807, 2.05) is 18.9 Å². The molecular formula is C31H41FN6O6. The number of aromatic nitrogens is 5. The highest BCUT2D eigenvalue weighted by atomic mass is 19.1. The van der Waals surface area contributed by atoms with Crippen LogP contribution in [0.2, 0.25) is 0 Å². The topological polar surface area (TPSA) is 119 Å². The summed E-state index contributed by atoms with van der Waals surface area (Å²) in [6.45, 7) is 4.66. The van der Waals surface area contributed by atoms with Gasteiger partial charge in [-0.3, -0.25) is 14.0 Å². The van der Waals surface area contributed by atoms with E-state index in [0.717, 1.165) is 56.2 Å². The lowest BCUT2D eigenvalue weighted by Crippen LogP contribution is -2.56. The highest BCUT2D eigenvalue weighted by molar-refractivity contribution is 5.80. The molecule has 0 amide bonds. The summed E-state index contributed by atoms with van der Waals surface area (Å²) >= 11 is 0. The molecule has 5 atom stereocenters. The maximum absolute atomic E-state index is 15.0. The quantitative estimate of drug-likeness (QED) is 0.424. The third-order valence-corrected chi connectivity index (χ3v) is 10.9. The predicted octanol–water partition coefficient (Wildman–Crippen LogP) is 3.45. The van der Waals surface area contributed by atoms with Crippen molar-refractivity contribution < 1.29 is 27.9 Å². The molecule has 3 saturated heterocycles. The van der Waals surface area contributed by atoms with Crippen LogP contribution in [-0.2, 0) is 33.1 Å². The molecule has 5 aliphatic rings. The number of rotatable bonds is 5. The first-order valence-corrected chi connectivity index (χ1v) is 16.2. The number of alkyl halides is 1. The molecule has 238 valence electrons. The second-order valence-corrected chi connectivity index (χ2v) is 13.3. The number of likely N-dealkylation sites (tertiary alicyclic amines) is 1. The second-order valence-electron chi connectivity index (χ2n) is 13.3. The normalized spacial score (nSPS) is 31.0. The van der Waals surface area contributed by atoms with Crippen LogP contribution < -0.4 is 10.4 Å². The van der Waals surface area contributed by atoms with Crippen molar-refractivity contribution in [1.29, 1.82) is 0 Å². The van der Waals surface area contributed by atoms with Crippen molar-refractivity contribution >= 4 is 11.2 Å². The van der Waals surface area contributed by atoms with E-state index >= 15 is 0 Å². The summed E-state index contributed by atoms with van der Waals surface area (Å²) in [5, 5.41) is 4.70. The average molecular weight is 613 g/mol. The van der Waals surface area contributed by atoms with Crippen molar-refractivity contribution in [2.75, 3.05) is 40.0 Å². The van der Waals surface area contributed by atoms with Crippen LogP contribution in [0.5, 0.6) is 5.88 Å². The first kappa shape index (κ1) is 28.6. The van der Waals surface area contributed by atoms with Crippen molar-refractivity contribution in [1.82, 2.24) is 29.2 Å². The van der Waals surface area contributed by atoms with E-state index in [-0.39, 0.29) is 17.6 Å². The highest BCUT2D eigenvalue weighted by Gasteiger charge is 2.61. The predicted molar refractivity (Wildman–Crippen MR) is 156 cm³/mol. The van der Waals surface area contributed by atoms with Gasteiger partial charge in [-0.05, 0) is 58.9 Å². The summed E-state index contributed by atoms with van der Waals surface area (Å²) in [7, 11) is 3.60. The van der Waals surface area contributed by atoms with Crippen LogP contribution in [0, 0.1) is 0 Å². The molecule has 6 heterocycles. The first-order valence-electron chi connectivity index (χ1n) is 16.2. The van der Waals surface area contributed by atoms with E-state index in [1.54, 1.807) is 11.6 Å². The number of imidazole rings is 1. The van der Waals surface area contributed by atoms with E-state index < -0.39 is 29.5 Å². The molecule has 44 heavy (non-hydrogen) atoms. The fourth-order valence-electron chi connectivity index (χ4n) is 8.77. The Morgan fingerprint density at radius 2 is 1.84 bits per heavy atom. The summed E-state index contributed by atoms with van der Waals surface area (Å²) in [5.74, 6) is 0.318. The maximum Gasteiger partial charge on any atom is 0.330 e. The summed E-state index contributed by atoms with van der Waals surface area (Å²) in [4.78, 5) is 25.5. The smallest absolute Gasteiger partial charge is 0.330 e. The van der Waals surface area contributed by atoms with Crippen molar-refractivity contribution in [2.45, 2.75) is 100 Å². The molecule has 0 N–H and O–H groups in total. The number of hydrogen-bond acceptors (Lipinski definition) is 10. The van der Waals surface area contributed by atoms with Gasteiger partial charge < -0.3 is 23.5 Å². The standard InChI is InChI=1S/C31H41FN6O6/c1-18(22-21(32)8-13-36(22)2)43-28-23-27(38(29(39)37(23)3)19-9-14-40-17-19)33-26(34-28)24-20-7-6-11-30(25(20)35-44-24)10-4-5-12-31(30)41-15-16-42-31/h18-19,21-22H,4-17H2,1-3H3/t18-,19+,21+,22+,30-/m0/s1.